The van der Waals surface area contributed by atoms with Crippen LogP contribution in [0, 0.1) is 24.0 Å². The number of phenols is 1. The van der Waals surface area contributed by atoms with Gasteiger partial charge in [0, 0.05) is 24.2 Å². The van der Waals surface area contributed by atoms with Gasteiger partial charge in [0.2, 0.25) is 0 Å². The highest BCUT2D eigenvalue weighted by molar-refractivity contribution is 5.53. The molecule has 0 amide bonds. The Kier molecular flexibility index (Phi) is 4.85. The van der Waals surface area contributed by atoms with Crippen LogP contribution in [0.5, 0.6) is 11.5 Å². The first-order chi connectivity index (χ1) is 10.8. The van der Waals surface area contributed by atoms with Crippen LogP contribution in [0.2, 0.25) is 0 Å². The number of nitro benzene ring substituents is 1. The van der Waals surface area contributed by atoms with Gasteiger partial charge < -0.3 is 14.4 Å². The van der Waals surface area contributed by atoms with Gasteiger partial charge in [0.1, 0.15) is 5.76 Å². The Hall–Kier alpha value is -2.61. The highest BCUT2D eigenvalue weighted by atomic mass is 16.6. The number of aromatic nitrogens is 1. The topological polar surface area (TPSA) is 102 Å². The minimum absolute atomic E-state index is 0.145. The van der Waals surface area contributed by atoms with E-state index < -0.39 is 4.92 Å². The number of nitro groups is 1. The normalized spacial score (nSPS) is 11.0. The number of rotatable bonds is 6. The van der Waals surface area contributed by atoms with E-state index in [1.54, 1.807) is 0 Å². The molecule has 2 aromatic rings. The Bertz CT molecular complexity index is 707. The molecular formula is C15H19N3O5. The molecule has 0 bridgehead atoms. The zero-order valence-corrected chi connectivity index (χ0v) is 13.5. The van der Waals surface area contributed by atoms with Gasteiger partial charge in [-0.15, -0.1) is 0 Å². The van der Waals surface area contributed by atoms with Crippen LogP contribution in [0.1, 0.15) is 22.6 Å². The molecule has 124 valence electrons. The number of hydrogen-bond donors (Lipinski definition) is 1. The van der Waals surface area contributed by atoms with Gasteiger partial charge in [0.05, 0.1) is 23.8 Å². The van der Waals surface area contributed by atoms with Crippen LogP contribution in [0.4, 0.5) is 5.69 Å². The smallest absolute Gasteiger partial charge is 0.277 e. The molecule has 1 aromatic heterocycles. The molecule has 8 nitrogen and oxygen atoms in total. The lowest BCUT2D eigenvalue weighted by molar-refractivity contribution is -0.385. The summed E-state index contributed by atoms with van der Waals surface area (Å²) in [6.45, 7) is 4.54. The summed E-state index contributed by atoms with van der Waals surface area (Å²) in [7, 11) is 3.24. The standard InChI is InChI=1S/C15H19N3O5/c1-9-12(10(2)23-16-9)8-17(3)7-11-5-15(22-4)14(19)6-13(11)18(20)21/h5-6,19H,7-8H2,1-4H3. The van der Waals surface area contributed by atoms with Crippen molar-refractivity contribution in [3.05, 3.63) is 44.8 Å². The second-order valence-corrected chi connectivity index (χ2v) is 5.38. The van der Waals surface area contributed by atoms with Crippen molar-refractivity contribution >= 4 is 5.69 Å². The molecule has 0 spiro atoms. The lowest BCUT2D eigenvalue weighted by Gasteiger charge is -2.17. The van der Waals surface area contributed by atoms with Crippen molar-refractivity contribution in [2.45, 2.75) is 26.9 Å². The van der Waals surface area contributed by atoms with E-state index in [0.29, 0.717) is 18.7 Å². The van der Waals surface area contributed by atoms with Gasteiger partial charge in [0.25, 0.3) is 5.69 Å². The number of aryl methyl sites for hydroxylation is 2. The van der Waals surface area contributed by atoms with E-state index in [2.05, 4.69) is 5.16 Å². The number of ether oxygens (including phenoxy) is 1. The fraction of sp³-hybridized carbons (Fsp3) is 0.400. The monoisotopic (exact) mass is 321 g/mol. The van der Waals surface area contributed by atoms with E-state index >= 15 is 0 Å². The average Bonchev–Trinajstić information content (AvgIpc) is 2.80. The van der Waals surface area contributed by atoms with E-state index in [-0.39, 0.29) is 17.2 Å². The van der Waals surface area contributed by atoms with Crippen molar-refractivity contribution in [1.29, 1.82) is 0 Å². The molecule has 0 atom stereocenters. The summed E-state index contributed by atoms with van der Waals surface area (Å²) in [4.78, 5) is 12.6. The lowest BCUT2D eigenvalue weighted by atomic mass is 10.1. The molecule has 0 saturated carbocycles. The van der Waals surface area contributed by atoms with Crippen LogP contribution in [0.15, 0.2) is 16.7 Å². The summed E-state index contributed by atoms with van der Waals surface area (Å²) in [6, 6.07) is 2.59. The van der Waals surface area contributed by atoms with Crippen LogP contribution >= 0.6 is 0 Å². The van der Waals surface area contributed by atoms with Crippen molar-refractivity contribution in [3.63, 3.8) is 0 Å². The van der Waals surface area contributed by atoms with Crippen molar-refractivity contribution < 1.29 is 19.3 Å². The van der Waals surface area contributed by atoms with Crippen molar-refractivity contribution in [1.82, 2.24) is 10.1 Å². The summed E-state index contributed by atoms with van der Waals surface area (Å²) in [5, 5.41) is 24.8. The Morgan fingerprint density at radius 1 is 1.39 bits per heavy atom. The Balaban J connectivity index is 2.26. The predicted molar refractivity (Wildman–Crippen MR) is 82.5 cm³/mol. The predicted octanol–water partition coefficient (Wildman–Crippen LogP) is 2.55. The zero-order valence-electron chi connectivity index (χ0n) is 13.5. The fourth-order valence-electron chi connectivity index (χ4n) is 2.40. The maximum absolute atomic E-state index is 11.2. The molecule has 1 aromatic carbocycles. The largest absolute Gasteiger partial charge is 0.504 e. The average molecular weight is 321 g/mol. The molecule has 0 aliphatic rings. The highest BCUT2D eigenvalue weighted by Gasteiger charge is 2.20. The molecule has 1 heterocycles. The van der Waals surface area contributed by atoms with Crippen LogP contribution in [-0.4, -0.2) is 34.2 Å². The molecule has 0 fully saturated rings. The third kappa shape index (κ3) is 3.59. The minimum atomic E-state index is -0.516. The van der Waals surface area contributed by atoms with Gasteiger partial charge in [-0.3, -0.25) is 15.0 Å². The maximum atomic E-state index is 11.2. The summed E-state index contributed by atoms with van der Waals surface area (Å²) < 4.78 is 10.2. The summed E-state index contributed by atoms with van der Waals surface area (Å²) in [5.74, 6) is 0.680. The molecule has 2 rings (SSSR count). The Morgan fingerprint density at radius 2 is 2.09 bits per heavy atom. The molecule has 8 heteroatoms. The third-order valence-electron chi connectivity index (χ3n) is 3.63. The van der Waals surface area contributed by atoms with Crippen LogP contribution in [-0.2, 0) is 13.1 Å². The zero-order chi connectivity index (χ0) is 17.1. The highest BCUT2D eigenvalue weighted by Crippen LogP contribution is 2.34. The molecule has 1 N–H and O–H groups in total. The van der Waals surface area contributed by atoms with E-state index in [0.717, 1.165) is 23.1 Å². The molecule has 0 unspecified atom stereocenters. The third-order valence-corrected chi connectivity index (χ3v) is 3.63. The number of hydrogen-bond acceptors (Lipinski definition) is 7. The maximum Gasteiger partial charge on any atom is 0.277 e. The first kappa shape index (κ1) is 16.8. The number of nitrogens with zero attached hydrogens (tertiary/aromatic N) is 3. The number of benzene rings is 1. The summed E-state index contributed by atoms with van der Waals surface area (Å²) in [5.41, 5.74) is 2.07. The number of methoxy groups -OCH3 is 1. The molecule has 0 aliphatic carbocycles. The second kappa shape index (κ2) is 6.66. The van der Waals surface area contributed by atoms with Gasteiger partial charge in [-0.05, 0) is 27.0 Å². The Labute approximate surface area is 133 Å². The molecular weight excluding hydrogens is 302 g/mol. The number of phenolic OH excluding ortho intramolecular Hbond substituents is 1. The second-order valence-electron chi connectivity index (χ2n) is 5.38. The summed E-state index contributed by atoms with van der Waals surface area (Å²) in [6.07, 6.45) is 0. The van der Waals surface area contributed by atoms with Crippen LogP contribution in [0.25, 0.3) is 0 Å². The van der Waals surface area contributed by atoms with Gasteiger partial charge in [-0.1, -0.05) is 5.16 Å². The van der Waals surface area contributed by atoms with Gasteiger partial charge in [0.15, 0.2) is 11.5 Å². The van der Waals surface area contributed by atoms with Crippen LogP contribution < -0.4 is 4.74 Å². The van der Waals surface area contributed by atoms with Crippen LogP contribution in [0.3, 0.4) is 0 Å². The van der Waals surface area contributed by atoms with E-state index in [1.807, 2.05) is 25.8 Å². The number of aromatic hydroxyl groups is 1. The van der Waals surface area contributed by atoms with E-state index in [4.69, 9.17) is 9.26 Å². The SMILES string of the molecule is COc1cc(CN(C)Cc2c(C)noc2C)c([N+](=O)[O-])cc1O. The quantitative estimate of drug-likeness (QED) is 0.644. The first-order valence-electron chi connectivity index (χ1n) is 6.98. The molecule has 0 radical (unpaired) electrons. The summed E-state index contributed by atoms with van der Waals surface area (Å²) >= 11 is 0. The first-order valence-corrected chi connectivity index (χ1v) is 6.98. The van der Waals surface area contributed by atoms with Gasteiger partial charge >= 0.3 is 0 Å². The Morgan fingerprint density at radius 3 is 2.61 bits per heavy atom. The minimum Gasteiger partial charge on any atom is -0.504 e. The molecule has 0 saturated heterocycles. The lowest BCUT2D eigenvalue weighted by Crippen LogP contribution is -2.18. The van der Waals surface area contributed by atoms with Gasteiger partial charge in [-0.25, -0.2) is 0 Å². The molecule has 0 aliphatic heterocycles. The molecule has 23 heavy (non-hydrogen) atoms. The van der Waals surface area contributed by atoms with Crippen molar-refractivity contribution in [2.75, 3.05) is 14.2 Å². The van der Waals surface area contributed by atoms with E-state index in [1.165, 1.54) is 13.2 Å². The van der Waals surface area contributed by atoms with Crippen molar-refractivity contribution in [2.24, 2.45) is 0 Å². The van der Waals surface area contributed by atoms with Crippen molar-refractivity contribution in [3.8, 4) is 11.5 Å². The fourth-order valence-corrected chi connectivity index (χ4v) is 2.40. The van der Waals surface area contributed by atoms with Gasteiger partial charge in [-0.2, -0.15) is 0 Å². The van der Waals surface area contributed by atoms with E-state index in [9.17, 15) is 15.2 Å².